The molecule has 2 aliphatic rings. The number of para-hydroxylation sites is 4. The molecule has 1 aromatic heterocycles. The number of hydrogen-bond acceptors (Lipinski definition) is 2. The maximum absolute atomic E-state index is 2.54. The summed E-state index contributed by atoms with van der Waals surface area (Å²) in [4.78, 5) is 4.92. The van der Waals surface area contributed by atoms with Crippen LogP contribution < -0.4 is 9.80 Å². The number of benzene rings is 10. The minimum Gasteiger partial charge on any atom is -0.311 e. The average molecular weight is 886 g/mol. The highest BCUT2D eigenvalue weighted by Gasteiger charge is 2.45. The van der Waals surface area contributed by atoms with E-state index in [0.29, 0.717) is 0 Å². The zero-order valence-corrected chi connectivity index (χ0v) is 39.4. The second kappa shape index (κ2) is 15.6. The van der Waals surface area contributed by atoms with Gasteiger partial charge in [0, 0.05) is 44.4 Å². The molecule has 3 heterocycles. The van der Waals surface area contributed by atoms with E-state index in [2.05, 4.69) is 279 Å². The normalized spacial score (nSPS) is 14.0. The minimum absolute atomic E-state index is 0.197. The van der Waals surface area contributed by atoms with Crippen LogP contribution in [0, 0.1) is 0 Å². The van der Waals surface area contributed by atoms with E-state index in [0.717, 1.165) is 17.1 Å². The molecule has 0 saturated carbocycles. The Labute approximate surface area is 404 Å². The van der Waals surface area contributed by atoms with Crippen molar-refractivity contribution < 1.29 is 0 Å². The lowest BCUT2D eigenvalue weighted by molar-refractivity contribution is 0.598. The number of nitrogens with zero attached hydrogens (tertiary/aromatic N) is 3. The van der Waals surface area contributed by atoms with Gasteiger partial charge >= 0.3 is 0 Å². The van der Waals surface area contributed by atoms with Crippen molar-refractivity contribution in [3.05, 3.63) is 259 Å². The van der Waals surface area contributed by atoms with E-state index < -0.39 is 0 Å². The van der Waals surface area contributed by atoms with Crippen molar-refractivity contribution in [3.8, 4) is 39.1 Å². The largest absolute Gasteiger partial charge is 0.311 e. The van der Waals surface area contributed by atoms with Gasteiger partial charge in [0.1, 0.15) is 0 Å². The van der Waals surface area contributed by atoms with E-state index in [1.54, 1.807) is 0 Å². The molecule has 330 valence electrons. The van der Waals surface area contributed by atoms with Gasteiger partial charge < -0.3 is 14.4 Å². The van der Waals surface area contributed by atoms with Crippen molar-refractivity contribution >= 4 is 55.9 Å². The van der Waals surface area contributed by atoms with Crippen LogP contribution in [0.2, 0.25) is 0 Å². The van der Waals surface area contributed by atoms with Crippen LogP contribution in [-0.4, -0.2) is 4.57 Å². The third-order valence-electron chi connectivity index (χ3n) is 15.2. The van der Waals surface area contributed by atoms with E-state index in [4.69, 9.17) is 0 Å². The Morgan fingerprint density at radius 3 is 1.30 bits per heavy atom. The van der Waals surface area contributed by atoms with Crippen molar-refractivity contribution in [1.82, 2.24) is 4.57 Å². The number of aromatic nitrogens is 1. The Kier molecular flexibility index (Phi) is 9.22. The van der Waals surface area contributed by atoms with E-state index in [1.807, 2.05) is 0 Å². The van der Waals surface area contributed by atoms with Crippen LogP contribution in [0.3, 0.4) is 0 Å². The van der Waals surface area contributed by atoms with E-state index in [-0.39, 0.29) is 10.8 Å². The van der Waals surface area contributed by atoms with Crippen molar-refractivity contribution in [3.63, 3.8) is 0 Å². The summed E-state index contributed by atoms with van der Waals surface area (Å²) in [7, 11) is 0. The minimum atomic E-state index is -0.197. The van der Waals surface area contributed by atoms with E-state index >= 15 is 0 Å². The highest BCUT2D eigenvalue weighted by Crippen LogP contribution is 2.60. The van der Waals surface area contributed by atoms with Crippen molar-refractivity contribution in [2.45, 2.75) is 38.5 Å². The molecule has 3 nitrogen and oxygen atoms in total. The fourth-order valence-corrected chi connectivity index (χ4v) is 11.5. The molecule has 13 rings (SSSR count). The Morgan fingerprint density at radius 1 is 0.319 bits per heavy atom. The monoisotopic (exact) mass is 885 g/mol. The van der Waals surface area contributed by atoms with Gasteiger partial charge in [0.25, 0.3) is 0 Å². The van der Waals surface area contributed by atoms with Gasteiger partial charge in [-0.15, -0.1) is 0 Å². The molecular weight excluding hydrogens is 835 g/mol. The molecule has 0 bridgehead atoms. The molecular formula is C66H51N3. The molecule has 0 radical (unpaired) electrons. The smallest absolute Gasteiger partial charge is 0.0544 e. The van der Waals surface area contributed by atoms with Gasteiger partial charge in [-0.05, 0) is 147 Å². The standard InChI is InChI=1S/C66H51N3/c1-65(2)56-22-12-15-25-62(56)69-63-26-16-13-23-57(63)66(3,4)59-43-49(42-58(65)64(59)69)47-31-38-53(39-32-47)67(51-34-27-45(28-35-51)44-17-7-5-8-18-44)52-36-29-46(30-37-52)48-33-40-61-55(41-48)54-21-11-14-24-60(54)68(61)50-19-9-6-10-20-50/h5-43H,1-4H3. The van der Waals surface area contributed by atoms with Gasteiger partial charge in [-0.2, -0.15) is 0 Å². The van der Waals surface area contributed by atoms with Gasteiger partial charge in [0.05, 0.1) is 28.1 Å². The average Bonchev–Trinajstić information content (AvgIpc) is 3.73. The maximum atomic E-state index is 2.54. The quantitative estimate of drug-likeness (QED) is 0.158. The summed E-state index contributed by atoms with van der Waals surface area (Å²) in [6, 6.07) is 87.1. The van der Waals surface area contributed by atoms with Crippen LogP contribution in [0.15, 0.2) is 237 Å². The predicted octanol–water partition coefficient (Wildman–Crippen LogP) is 18.0. The Morgan fingerprint density at radius 2 is 0.739 bits per heavy atom. The molecule has 3 heteroatoms. The van der Waals surface area contributed by atoms with Crippen LogP contribution in [0.1, 0.15) is 49.9 Å². The third-order valence-corrected chi connectivity index (χ3v) is 15.2. The molecule has 10 aromatic carbocycles. The first-order valence-electron chi connectivity index (χ1n) is 24.2. The molecule has 0 unspecified atom stereocenters. The van der Waals surface area contributed by atoms with Crippen molar-refractivity contribution in [2.75, 3.05) is 9.80 Å². The molecule has 0 saturated heterocycles. The summed E-state index contributed by atoms with van der Waals surface area (Å²) in [5.74, 6) is 0. The lowest BCUT2D eigenvalue weighted by Crippen LogP contribution is -2.38. The molecule has 0 N–H and O–H groups in total. The lowest BCUT2D eigenvalue weighted by atomic mass is 9.65. The summed E-state index contributed by atoms with van der Waals surface area (Å²) >= 11 is 0. The first kappa shape index (κ1) is 40.8. The second-order valence-electron chi connectivity index (χ2n) is 19.8. The highest BCUT2D eigenvalue weighted by atomic mass is 15.2. The zero-order valence-electron chi connectivity index (χ0n) is 39.4. The Bertz CT molecular complexity index is 3670. The zero-order chi connectivity index (χ0) is 46.4. The van der Waals surface area contributed by atoms with Crippen molar-refractivity contribution in [2.24, 2.45) is 0 Å². The SMILES string of the molecule is CC1(C)c2ccccc2N2c3ccccc3C(C)(C)c3cc(-c4ccc(N(c5ccc(-c6ccccc6)cc5)c5ccc(-c6ccc7c(c6)c6ccccc6n7-c6ccccc6)cc5)cc4)cc1c32. The van der Waals surface area contributed by atoms with Crippen LogP contribution in [0.5, 0.6) is 0 Å². The summed E-state index contributed by atoms with van der Waals surface area (Å²) in [5, 5.41) is 2.50. The summed E-state index contributed by atoms with van der Waals surface area (Å²) in [5.41, 5.74) is 23.0. The first-order chi connectivity index (χ1) is 33.7. The van der Waals surface area contributed by atoms with Crippen LogP contribution in [-0.2, 0) is 10.8 Å². The Balaban J connectivity index is 0.901. The third kappa shape index (κ3) is 6.41. The summed E-state index contributed by atoms with van der Waals surface area (Å²) < 4.78 is 2.37. The van der Waals surface area contributed by atoms with Crippen LogP contribution >= 0.6 is 0 Å². The van der Waals surface area contributed by atoms with Gasteiger partial charge in [-0.25, -0.2) is 0 Å². The molecule has 0 fully saturated rings. The fraction of sp³-hybridized carbons (Fsp3) is 0.0909. The number of fused-ring (bicyclic) bond motifs is 7. The molecule has 69 heavy (non-hydrogen) atoms. The van der Waals surface area contributed by atoms with Gasteiger partial charge in [-0.3, -0.25) is 0 Å². The first-order valence-corrected chi connectivity index (χ1v) is 24.2. The predicted molar refractivity (Wildman–Crippen MR) is 291 cm³/mol. The molecule has 0 spiro atoms. The Hall–Kier alpha value is -8.40. The topological polar surface area (TPSA) is 11.4 Å². The van der Waals surface area contributed by atoms with Crippen LogP contribution in [0.4, 0.5) is 34.1 Å². The van der Waals surface area contributed by atoms with E-state index in [9.17, 15) is 0 Å². The number of hydrogen-bond donors (Lipinski definition) is 0. The van der Waals surface area contributed by atoms with E-state index in [1.165, 1.54) is 100 Å². The van der Waals surface area contributed by atoms with Gasteiger partial charge in [0.15, 0.2) is 0 Å². The molecule has 0 aliphatic carbocycles. The second-order valence-corrected chi connectivity index (χ2v) is 19.8. The molecule has 0 atom stereocenters. The summed E-state index contributed by atoms with van der Waals surface area (Å²) in [6.07, 6.45) is 0. The fourth-order valence-electron chi connectivity index (χ4n) is 11.5. The molecule has 2 aliphatic heterocycles. The van der Waals surface area contributed by atoms with Crippen LogP contribution in [0.25, 0.3) is 60.9 Å². The van der Waals surface area contributed by atoms with Gasteiger partial charge in [-0.1, -0.05) is 173 Å². The maximum Gasteiger partial charge on any atom is 0.0544 e. The van der Waals surface area contributed by atoms with Gasteiger partial charge in [0.2, 0.25) is 0 Å². The number of anilines is 6. The lowest BCUT2D eigenvalue weighted by Gasteiger charge is -2.49. The summed E-state index contributed by atoms with van der Waals surface area (Å²) in [6.45, 7) is 9.59. The molecule has 0 amide bonds. The van der Waals surface area contributed by atoms with Crippen molar-refractivity contribution in [1.29, 1.82) is 0 Å². The number of rotatable bonds is 7. The highest BCUT2D eigenvalue weighted by molar-refractivity contribution is 6.10. The molecule has 11 aromatic rings.